The third-order valence-corrected chi connectivity index (χ3v) is 11.3. The molecule has 5 atom stereocenters. The number of nitrogens with one attached hydrogen (secondary N) is 4. The highest BCUT2D eigenvalue weighted by Crippen LogP contribution is 2.45. The number of alkyl carbamates (subject to hydrolysis) is 1. The highest BCUT2D eigenvalue weighted by molar-refractivity contribution is 7.90. The normalized spacial score (nSPS) is 20.7. The smallest absolute Gasteiger partial charge is 0.408 e. The van der Waals surface area contributed by atoms with Crippen LogP contribution in [0.2, 0.25) is 0 Å². The summed E-state index contributed by atoms with van der Waals surface area (Å²) in [6.45, 7) is 8.77. The maximum atomic E-state index is 14.5. The van der Waals surface area contributed by atoms with Crippen molar-refractivity contribution in [2.45, 2.75) is 67.8 Å². The number of likely N-dealkylation sites (N-methyl/N-ethyl adjacent to an activating group) is 1. The van der Waals surface area contributed by atoms with Crippen LogP contribution >= 0.6 is 0 Å². The van der Waals surface area contributed by atoms with E-state index >= 15 is 0 Å². The molecular weight excluding hydrogens is 765 g/mol. The summed E-state index contributed by atoms with van der Waals surface area (Å²) in [6, 6.07) is 21.7. The van der Waals surface area contributed by atoms with E-state index in [0.29, 0.717) is 28.1 Å². The van der Waals surface area contributed by atoms with Gasteiger partial charge in [0.15, 0.2) is 0 Å². The molecule has 0 bridgehead atoms. The fraction of sp³-hybridized carbons (Fsp3) is 0.357. The Hall–Kier alpha value is -6.00. The first kappa shape index (κ1) is 41.6. The van der Waals surface area contributed by atoms with Crippen LogP contribution in [0.15, 0.2) is 102 Å². The fourth-order valence-corrected chi connectivity index (χ4v) is 8.03. The van der Waals surface area contributed by atoms with E-state index in [1.807, 2.05) is 36.4 Å². The zero-order valence-electron chi connectivity index (χ0n) is 33.0. The molecule has 6 rings (SSSR count). The Morgan fingerprint density at radius 2 is 1.71 bits per heavy atom. The lowest BCUT2D eigenvalue weighted by Gasteiger charge is -2.30. The fourth-order valence-electron chi connectivity index (χ4n) is 6.98. The maximum absolute atomic E-state index is 14.5. The molecule has 58 heavy (non-hydrogen) atoms. The Morgan fingerprint density at radius 3 is 2.33 bits per heavy atom. The van der Waals surface area contributed by atoms with E-state index in [-0.39, 0.29) is 30.8 Å². The number of sulfonamides is 1. The van der Waals surface area contributed by atoms with Gasteiger partial charge in [-0.1, -0.05) is 54.6 Å². The van der Waals surface area contributed by atoms with Crippen LogP contribution in [0, 0.1) is 5.92 Å². The van der Waals surface area contributed by atoms with Crippen molar-refractivity contribution in [1.29, 1.82) is 0 Å². The number of carbonyl (C=O) groups excluding carboxylic acids is 4. The quantitative estimate of drug-likeness (QED) is 0.135. The molecule has 0 radical (unpaired) electrons. The van der Waals surface area contributed by atoms with Gasteiger partial charge in [0.1, 0.15) is 40.8 Å². The Kier molecular flexibility index (Phi) is 12.1. The number of nitrogens with zero attached hydrogens (tertiary/aromatic N) is 2. The van der Waals surface area contributed by atoms with E-state index in [1.165, 1.54) is 35.2 Å². The van der Waals surface area contributed by atoms with E-state index < -0.39 is 69.1 Å². The molecular formula is C42H48N6O9S. The molecule has 1 saturated carbocycles. The molecule has 2 heterocycles. The largest absolute Gasteiger partial charge is 0.497 e. The number of ether oxygens (including phenoxy) is 3. The van der Waals surface area contributed by atoms with Crippen molar-refractivity contribution in [2.75, 3.05) is 27.2 Å². The molecule has 4 aromatic rings. The highest BCUT2D eigenvalue weighted by Gasteiger charge is 2.61. The van der Waals surface area contributed by atoms with Crippen molar-refractivity contribution in [3.05, 3.63) is 97.6 Å². The van der Waals surface area contributed by atoms with Gasteiger partial charge in [-0.15, -0.1) is 6.58 Å². The molecule has 2 aliphatic rings. The second-order valence-electron chi connectivity index (χ2n) is 15.2. The Labute approximate surface area is 337 Å². The van der Waals surface area contributed by atoms with Crippen molar-refractivity contribution in [1.82, 2.24) is 30.6 Å². The second-order valence-corrected chi connectivity index (χ2v) is 16.9. The maximum Gasteiger partial charge on any atom is 0.408 e. The number of hydrogen-bond acceptors (Lipinski definition) is 11. The summed E-state index contributed by atoms with van der Waals surface area (Å²) in [4.78, 5) is 61.6. The van der Waals surface area contributed by atoms with Gasteiger partial charge in [-0.05, 0) is 58.5 Å². The van der Waals surface area contributed by atoms with Gasteiger partial charge in [0, 0.05) is 42.0 Å². The number of benzene rings is 3. The predicted octanol–water partition coefficient (Wildman–Crippen LogP) is 3.94. The van der Waals surface area contributed by atoms with Crippen molar-refractivity contribution in [3.63, 3.8) is 0 Å². The SMILES string of the molecule is C=C[C@@H]1C[C@]1(NC(=O)[C@@H]1CC(Oc2cc(-c3ccccc3)nc3cc(OC)ccc23)CN1C(=O)[C@H](CNC)NC(=O)OC(C)(C)C)C(=O)NS(=O)(=O)c1ccccc1. The number of fused-ring (bicyclic) bond motifs is 1. The van der Waals surface area contributed by atoms with Crippen LogP contribution in [0.4, 0.5) is 4.79 Å². The van der Waals surface area contributed by atoms with Crippen molar-refractivity contribution < 1.29 is 41.8 Å². The van der Waals surface area contributed by atoms with Crippen LogP contribution in [0.1, 0.15) is 33.6 Å². The van der Waals surface area contributed by atoms with Crippen LogP contribution in [-0.4, -0.2) is 98.7 Å². The van der Waals surface area contributed by atoms with Gasteiger partial charge in [-0.25, -0.2) is 22.9 Å². The van der Waals surface area contributed by atoms with E-state index in [2.05, 4.69) is 27.3 Å². The van der Waals surface area contributed by atoms with Gasteiger partial charge in [-0.3, -0.25) is 14.4 Å². The first-order chi connectivity index (χ1) is 27.6. The molecule has 0 spiro atoms. The summed E-state index contributed by atoms with van der Waals surface area (Å²) < 4.78 is 46.0. The van der Waals surface area contributed by atoms with Crippen LogP contribution in [-0.2, 0) is 29.1 Å². The Morgan fingerprint density at radius 1 is 1.02 bits per heavy atom. The van der Waals surface area contributed by atoms with Gasteiger partial charge < -0.3 is 35.1 Å². The molecule has 2 fully saturated rings. The summed E-state index contributed by atoms with van der Waals surface area (Å²) in [5.41, 5.74) is -0.459. The van der Waals surface area contributed by atoms with Crippen LogP contribution in [0.5, 0.6) is 11.5 Å². The number of hydrogen-bond donors (Lipinski definition) is 4. The standard InChI is InChI=1S/C42H48N6O9S/c1-7-27-23-42(27,39(51)47-58(53,54)30-16-12-9-13-17-30)46-37(49)35-21-29(25-48(35)38(50)34(24-43-5)45-40(52)57-41(2,3)4)56-36-22-32(26-14-10-8-11-15-26)44-33-20-28(55-6)18-19-31(33)36/h7-20,22,27,29,34-35,43H,1,21,23-25H2,2-6H3,(H,45,52)(H,46,49)(H,47,51)/t27-,29?,34+,35+,42-/m1/s1. The zero-order chi connectivity index (χ0) is 41.8. The summed E-state index contributed by atoms with van der Waals surface area (Å²) in [5.74, 6) is -1.83. The molecule has 15 nitrogen and oxygen atoms in total. The third kappa shape index (κ3) is 9.24. The summed E-state index contributed by atoms with van der Waals surface area (Å²) in [7, 11) is -1.12. The molecule has 1 unspecified atom stereocenters. The van der Waals surface area contributed by atoms with Crippen molar-refractivity contribution in [2.24, 2.45) is 5.92 Å². The molecule has 1 aliphatic heterocycles. The number of aromatic nitrogens is 1. The minimum absolute atomic E-state index is 0.00602. The number of rotatable bonds is 14. The minimum atomic E-state index is -4.29. The summed E-state index contributed by atoms with van der Waals surface area (Å²) in [6.07, 6.45) is -0.0554. The first-order valence-corrected chi connectivity index (χ1v) is 20.3. The van der Waals surface area contributed by atoms with Gasteiger partial charge in [0.2, 0.25) is 11.8 Å². The Bertz CT molecular complexity index is 2300. The molecule has 4 amide bonds. The molecule has 306 valence electrons. The lowest BCUT2D eigenvalue weighted by Crippen LogP contribution is -2.59. The minimum Gasteiger partial charge on any atom is -0.497 e. The van der Waals surface area contributed by atoms with Crippen LogP contribution in [0.3, 0.4) is 0 Å². The van der Waals surface area contributed by atoms with E-state index in [9.17, 15) is 27.6 Å². The van der Waals surface area contributed by atoms with Crippen molar-refractivity contribution >= 4 is 44.7 Å². The number of likely N-dealkylation sites (tertiary alicyclic amines) is 1. The summed E-state index contributed by atoms with van der Waals surface area (Å²) >= 11 is 0. The molecule has 1 saturated heterocycles. The lowest BCUT2D eigenvalue weighted by molar-refractivity contribution is -0.141. The van der Waals surface area contributed by atoms with Gasteiger partial charge in [-0.2, -0.15) is 0 Å². The average molecular weight is 813 g/mol. The van der Waals surface area contributed by atoms with E-state index in [4.69, 9.17) is 19.2 Å². The van der Waals surface area contributed by atoms with Crippen molar-refractivity contribution in [3.8, 4) is 22.8 Å². The van der Waals surface area contributed by atoms with Gasteiger partial charge in [0.25, 0.3) is 15.9 Å². The molecule has 4 N–H and O–H groups in total. The van der Waals surface area contributed by atoms with E-state index in [1.54, 1.807) is 59.2 Å². The van der Waals surface area contributed by atoms with E-state index in [0.717, 1.165) is 5.56 Å². The number of methoxy groups -OCH3 is 1. The van der Waals surface area contributed by atoms with Gasteiger partial charge >= 0.3 is 6.09 Å². The third-order valence-electron chi connectivity index (χ3n) is 9.92. The number of carbonyl (C=O) groups is 4. The molecule has 1 aliphatic carbocycles. The average Bonchev–Trinajstić information content (AvgIpc) is 3.75. The molecule has 1 aromatic heterocycles. The second kappa shape index (κ2) is 16.8. The molecule has 3 aromatic carbocycles. The van der Waals surface area contributed by atoms with Gasteiger partial charge in [0.05, 0.1) is 29.8 Å². The number of amides is 4. The topological polar surface area (TPSA) is 194 Å². The number of pyridine rings is 1. The lowest BCUT2D eigenvalue weighted by atomic mass is 10.1. The van der Waals surface area contributed by atoms with Crippen LogP contribution < -0.4 is 30.1 Å². The zero-order valence-corrected chi connectivity index (χ0v) is 33.8. The monoisotopic (exact) mass is 812 g/mol. The molecule has 16 heteroatoms. The first-order valence-electron chi connectivity index (χ1n) is 18.8. The predicted molar refractivity (Wildman–Crippen MR) is 216 cm³/mol. The van der Waals surface area contributed by atoms with Crippen LogP contribution in [0.25, 0.3) is 22.2 Å². The Balaban J connectivity index is 1.33. The highest BCUT2D eigenvalue weighted by atomic mass is 32.2. The summed E-state index contributed by atoms with van der Waals surface area (Å²) in [5, 5.41) is 8.97.